The van der Waals surface area contributed by atoms with Crippen LogP contribution >= 0.6 is 37.2 Å². The van der Waals surface area contributed by atoms with Crippen molar-refractivity contribution in [3.8, 4) is 11.5 Å². The molecule has 1 heterocycles. The minimum atomic E-state index is 0. The Labute approximate surface area is 242 Å². The fourth-order valence-corrected chi connectivity index (χ4v) is 4.30. The van der Waals surface area contributed by atoms with Crippen molar-refractivity contribution in [1.82, 2.24) is 14.8 Å². The minimum absolute atomic E-state index is 0. The van der Waals surface area contributed by atoms with E-state index in [0.29, 0.717) is 0 Å². The molecule has 0 fully saturated rings. The van der Waals surface area contributed by atoms with Crippen molar-refractivity contribution in [2.75, 3.05) is 52.5 Å². The van der Waals surface area contributed by atoms with Crippen LogP contribution in [0.2, 0.25) is 0 Å². The van der Waals surface area contributed by atoms with Gasteiger partial charge in [-0.3, -0.25) is 0 Å². The number of aromatic nitrogens is 1. The third-order valence-corrected chi connectivity index (χ3v) is 6.62. The number of pyridine rings is 1. The molecule has 0 amide bonds. The first kappa shape index (κ1) is 35.5. The fraction of sp³-hybridized carbons (Fsp3) is 0.552. The smallest absolute Gasteiger partial charge is 0.121 e. The predicted octanol–water partition coefficient (Wildman–Crippen LogP) is 7.66. The topological polar surface area (TPSA) is 37.8 Å². The van der Waals surface area contributed by atoms with E-state index in [4.69, 9.17) is 14.5 Å². The van der Waals surface area contributed by atoms with Crippen molar-refractivity contribution in [2.24, 2.45) is 0 Å². The number of rotatable bonds is 16. The van der Waals surface area contributed by atoms with Gasteiger partial charge in [-0.1, -0.05) is 27.7 Å². The first-order chi connectivity index (χ1) is 16.7. The van der Waals surface area contributed by atoms with E-state index in [1.165, 1.54) is 0 Å². The van der Waals surface area contributed by atoms with Crippen LogP contribution in [0.3, 0.4) is 0 Å². The summed E-state index contributed by atoms with van der Waals surface area (Å²) in [6.07, 6.45) is 4.46. The zero-order valence-corrected chi connectivity index (χ0v) is 25.4. The summed E-state index contributed by atoms with van der Waals surface area (Å²) in [4.78, 5) is 9.81. The number of unbranched alkanes of at least 4 members (excludes halogenated alkanes) is 2. The Hall–Kier alpha value is -1.50. The molecule has 1 aromatic heterocycles. The van der Waals surface area contributed by atoms with E-state index >= 15 is 0 Å². The van der Waals surface area contributed by atoms with Crippen molar-refractivity contribution in [3.05, 3.63) is 42.5 Å². The lowest BCUT2D eigenvalue weighted by atomic mass is 10.1. The molecule has 0 atom stereocenters. The Kier molecular flexibility index (Phi) is 18.8. The summed E-state index contributed by atoms with van der Waals surface area (Å²) in [5, 5.41) is 2.26. The molecular weight excluding hydrogens is 529 g/mol. The Morgan fingerprint density at radius 2 is 0.973 bits per heavy atom. The van der Waals surface area contributed by atoms with Crippen LogP contribution in [0.1, 0.15) is 53.4 Å². The monoisotopic (exact) mass is 573 g/mol. The Bertz CT molecular complexity index is 937. The average Bonchev–Trinajstić information content (AvgIpc) is 2.87. The number of hydrogen-bond donors (Lipinski definition) is 0. The fourth-order valence-electron chi connectivity index (χ4n) is 4.30. The molecule has 0 saturated heterocycles. The SMILES string of the molecule is CCN(CC)CCCCOc1ccc2cc3ccc(OCCCCN(CC)CC)cc3nc2c1.Cl.Cl.Cl. The zero-order valence-electron chi connectivity index (χ0n) is 22.9. The third-order valence-electron chi connectivity index (χ3n) is 6.62. The molecule has 0 aliphatic rings. The van der Waals surface area contributed by atoms with Crippen molar-refractivity contribution in [1.29, 1.82) is 0 Å². The van der Waals surface area contributed by atoms with Crippen LogP contribution in [0.15, 0.2) is 42.5 Å². The Morgan fingerprint density at radius 3 is 1.35 bits per heavy atom. The van der Waals surface area contributed by atoms with Crippen molar-refractivity contribution in [2.45, 2.75) is 53.4 Å². The molecule has 0 aliphatic carbocycles. The van der Waals surface area contributed by atoms with Crippen molar-refractivity contribution in [3.63, 3.8) is 0 Å². The molecule has 5 nitrogen and oxygen atoms in total. The molecular formula is C29H46Cl3N3O2. The highest BCUT2D eigenvalue weighted by molar-refractivity contribution is 5.93. The van der Waals surface area contributed by atoms with Crippen LogP contribution in [0, 0.1) is 0 Å². The Balaban J connectivity index is 0.00000432. The van der Waals surface area contributed by atoms with Gasteiger partial charge in [-0.15, -0.1) is 37.2 Å². The van der Waals surface area contributed by atoms with Crippen LogP contribution in [-0.2, 0) is 0 Å². The molecule has 2 aromatic carbocycles. The van der Waals surface area contributed by atoms with Gasteiger partial charge < -0.3 is 19.3 Å². The third kappa shape index (κ3) is 11.4. The van der Waals surface area contributed by atoms with Gasteiger partial charge in [0.05, 0.1) is 24.2 Å². The largest absolute Gasteiger partial charge is 0.494 e. The van der Waals surface area contributed by atoms with Gasteiger partial charge >= 0.3 is 0 Å². The molecule has 0 saturated carbocycles. The maximum Gasteiger partial charge on any atom is 0.121 e. The van der Waals surface area contributed by atoms with E-state index in [2.05, 4.69) is 80.0 Å². The van der Waals surface area contributed by atoms with Crippen molar-refractivity contribution >= 4 is 59.0 Å². The maximum atomic E-state index is 6.02. The lowest BCUT2D eigenvalue weighted by Crippen LogP contribution is -2.24. The van der Waals surface area contributed by atoms with E-state index < -0.39 is 0 Å². The molecule has 0 unspecified atom stereocenters. The molecule has 37 heavy (non-hydrogen) atoms. The Morgan fingerprint density at radius 1 is 0.568 bits per heavy atom. The second-order valence-electron chi connectivity index (χ2n) is 8.86. The second kappa shape index (κ2) is 19.6. The number of ether oxygens (including phenoxy) is 2. The normalized spacial score (nSPS) is 10.8. The molecule has 3 rings (SSSR count). The average molecular weight is 575 g/mol. The van der Waals surface area contributed by atoms with Crippen LogP contribution in [-0.4, -0.2) is 67.3 Å². The number of halogens is 3. The molecule has 0 spiro atoms. The standard InChI is InChI=1S/C29H43N3O2.3ClH/c1-5-31(6-2)17-9-11-19-33-26-15-13-24-21-25-14-16-27(23-29(25)30-28(24)22-26)34-20-12-10-18-32(7-3)8-4;;;/h13-16,21-23H,5-12,17-20H2,1-4H3;3*1H. The van der Waals surface area contributed by atoms with E-state index in [1.54, 1.807) is 0 Å². The molecule has 210 valence electrons. The summed E-state index contributed by atoms with van der Waals surface area (Å²) in [5.74, 6) is 1.78. The summed E-state index contributed by atoms with van der Waals surface area (Å²) in [7, 11) is 0. The van der Waals surface area contributed by atoms with Gasteiger partial charge in [-0.2, -0.15) is 0 Å². The van der Waals surface area contributed by atoms with Gasteiger partial charge in [0.1, 0.15) is 11.5 Å². The van der Waals surface area contributed by atoms with Crippen LogP contribution in [0.25, 0.3) is 21.8 Å². The van der Waals surface area contributed by atoms with E-state index in [-0.39, 0.29) is 37.2 Å². The van der Waals surface area contributed by atoms with E-state index in [1.807, 2.05) is 0 Å². The summed E-state index contributed by atoms with van der Waals surface area (Å²) >= 11 is 0. The van der Waals surface area contributed by atoms with Gasteiger partial charge in [0.25, 0.3) is 0 Å². The number of benzene rings is 2. The first-order valence-electron chi connectivity index (χ1n) is 13.2. The van der Waals surface area contributed by atoms with Gasteiger partial charge in [0, 0.05) is 22.9 Å². The quantitative estimate of drug-likeness (QED) is 0.130. The molecule has 0 N–H and O–H groups in total. The lowest BCUT2D eigenvalue weighted by molar-refractivity contribution is 0.266. The molecule has 3 aromatic rings. The lowest BCUT2D eigenvalue weighted by Gasteiger charge is -2.17. The van der Waals surface area contributed by atoms with Gasteiger partial charge in [0.2, 0.25) is 0 Å². The first-order valence-corrected chi connectivity index (χ1v) is 13.2. The molecule has 0 aliphatic heterocycles. The van der Waals surface area contributed by atoms with E-state index in [0.717, 1.165) is 111 Å². The summed E-state index contributed by atoms with van der Waals surface area (Å²) in [6.45, 7) is 17.1. The molecule has 8 heteroatoms. The van der Waals surface area contributed by atoms with Crippen LogP contribution in [0.4, 0.5) is 0 Å². The van der Waals surface area contributed by atoms with Crippen LogP contribution in [0.5, 0.6) is 11.5 Å². The molecule has 0 bridgehead atoms. The summed E-state index contributed by atoms with van der Waals surface area (Å²) in [6, 6.07) is 14.6. The van der Waals surface area contributed by atoms with E-state index in [9.17, 15) is 0 Å². The minimum Gasteiger partial charge on any atom is -0.494 e. The van der Waals surface area contributed by atoms with Gasteiger partial charge in [0.15, 0.2) is 0 Å². The summed E-state index contributed by atoms with van der Waals surface area (Å²) in [5.41, 5.74) is 1.93. The number of hydrogen-bond acceptors (Lipinski definition) is 5. The molecule has 0 radical (unpaired) electrons. The van der Waals surface area contributed by atoms with Crippen molar-refractivity contribution < 1.29 is 9.47 Å². The maximum absolute atomic E-state index is 6.02. The van der Waals surface area contributed by atoms with Crippen LogP contribution < -0.4 is 9.47 Å². The predicted molar refractivity (Wildman–Crippen MR) is 166 cm³/mol. The number of fused-ring (bicyclic) bond motifs is 2. The summed E-state index contributed by atoms with van der Waals surface area (Å²) < 4.78 is 12.0. The van der Waals surface area contributed by atoms with Gasteiger partial charge in [-0.05, 0) is 95.3 Å². The number of nitrogens with zero attached hydrogens (tertiary/aromatic N) is 3. The van der Waals surface area contributed by atoms with Gasteiger partial charge in [-0.25, -0.2) is 4.98 Å². The highest BCUT2D eigenvalue weighted by Crippen LogP contribution is 2.26. The zero-order chi connectivity index (χ0) is 24.2. The highest BCUT2D eigenvalue weighted by atomic mass is 35.5. The highest BCUT2D eigenvalue weighted by Gasteiger charge is 2.05. The second-order valence-corrected chi connectivity index (χ2v) is 8.86.